The monoisotopic (exact) mass is 323 g/mol. The van der Waals surface area contributed by atoms with Gasteiger partial charge in [-0.25, -0.2) is 13.1 Å². The number of nitrogens with zero attached hydrogens (tertiary/aromatic N) is 2. The Hall–Kier alpha value is -1.70. The lowest BCUT2D eigenvalue weighted by Crippen LogP contribution is -2.39. The molecule has 0 radical (unpaired) electrons. The van der Waals surface area contributed by atoms with E-state index in [2.05, 4.69) is 9.82 Å². The van der Waals surface area contributed by atoms with E-state index in [0.29, 0.717) is 12.0 Å². The van der Waals surface area contributed by atoms with Crippen LogP contribution in [0.3, 0.4) is 0 Å². The minimum absolute atomic E-state index is 0.0138. The normalized spacial score (nSPS) is 14.7. The maximum Gasteiger partial charge on any atom is 0.212 e. The number of hydrogen-bond donors (Lipinski definition) is 2. The SMILES string of the molecule is Cn1cc([C@](C)(O)CNS(=O)(=O)CCc2ccccc2)cn1. The first-order chi connectivity index (χ1) is 10.3. The molecule has 0 amide bonds. The third kappa shape index (κ3) is 4.66. The van der Waals surface area contributed by atoms with Crippen molar-refractivity contribution >= 4 is 10.0 Å². The third-order valence-corrected chi connectivity index (χ3v) is 4.79. The number of rotatable bonds is 7. The summed E-state index contributed by atoms with van der Waals surface area (Å²) in [7, 11) is -1.71. The van der Waals surface area contributed by atoms with Gasteiger partial charge in [-0.1, -0.05) is 30.3 Å². The Kier molecular flexibility index (Phi) is 5.00. The second-order valence-electron chi connectivity index (χ2n) is 5.55. The molecule has 0 unspecified atom stereocenters. The lowest BCUT2D eigenvalue weighted by molar-refractivity contribution is 0.0627. The number of nitrogens with one attached hydrogen (secondary N) is 1. The van der Waals surface area contributed by atoms with Crippen LogP contribution in [-0.2, 0) is 29.1 Å². The molecule has 0 aliphatic heterocycles. The highest BCUT2D eigenvalue weighted by atomic mass is 32.2. The minimum atomic E-state index is -3.45. The predicted octanol–water partition coefficient (Wildman–Crippen LogP) is 0.790. The van der Waals surface area contributed by atoms with E-state index in [1.807, 2.05) is 30.3 Å². The van der Waals surface area contributed by atoms with Crippen LogP contribution in [0.5, 0.6) is 0 Å². The van der Waals surface area contributed by atoms with Crippen LogP contribution in [-0.4, -0.2) is 35.6 Å². The Morgan fingerprint density at radius 2 is 2.00 bits per heavy atom. The average Bonchev–Trinajstić information content (AvgIpc) is 2.92. The summed E-state index contributed by atoms with van der Waals surface area (Å²) in [5.41, 5.74) is 0.237. The first-order valence-corrected chi connectivity index (χ1v) is 8.66. The van der Waals surface area contributed by atoms with Gasteiger partial charge in [-0.3, -0.25) is 4.68 Å². The molecule has 0 fully saturated rings. The van der Waals surface area contributed by atoms with Gasteiger partial charge in [-0.05, 0) is 18.9 Å². The second kappa shape index (κ2) is 6.60. The van der Waals surface area contributed by atoms with E-state index < -0.39 is 15.6 Å². The molecular weight excluding hydrogens is 302 g/mol. The van der Waals surface area contributed by atoms with Crippen molar-refractivity contribution < 1.29 is 13.5 Å². The van der Waals surface area contributed by atoms with Crippen molar-refractivity contribution in [2.45, 2.75) is 18.9 Å². The zero-order chi connectivity index (χ0) is 16.2. The highest BCUT2D eigenvalue weighted by Gasteiger charge is 2.26. The van der Waals surface area contributed by atoms with E-state index >= 15 is 0 Å². The summed E-state index contributed by atoms with van der Waals surface area (Å²) in [6, 6.07) is 9.43. The van der Waals surface area contributed by atoms with Gasteiger partial charge in [-0.15, -0.1) is 0 Å². The number of benzene rings is 1. The smallest absolute Gasteiger partial charge is 0.212 e. The highest BCUT2D eigenvalue weighted by Crippen LogP contribution is 2.18. The number of sulfonamides is 1. The van der Waals surface area contributed by atoms with E-state index in [9.17, 15) is 13.5 Å². The molecule has 0 aliphatic carbocycles. The van der Waals surface area contributed by atoms with Gasteiger partial charge >= 0.3 is 0 Å². The van der Waals surface area contributed by atoms with Crippen LogP contribution in [0.25, 0.3) is 0 Å². The number of aryl methyl sites for hydroxylation is 2. The largest absolute Gasteiger partial charge is 0.384 e. The molecule has 2 N–H and O–H groups in total. The molecule has 6 nitrogen and oxygen atoms in total. The van der Waals surface area contributed by atoms with Gasteiger partial charge in [-0.2, -0.15) is 5.10 Å². The topological polar surface area (TPSA) is 84.2 Å². The average molecular weight is 323 g/mol. The van der Waals surface area contributed by atoms with Crippen molar-refractivity contribution in [3.8, 4) is 0 Å². The van der Waals surface area contributed by atoms with Crippen LogP contribution in [0, 0.1) is 0 Å². The number of aromatic nitrogens is 2. The van der Waals surface area contributed by atoms with Gasteiger partial charge in [0.25, 0.3) is 0 Å². The molecule has 0 saturated carbocycles. The lowest BCUT2D eigenvalue weighted by Gasteiger charge is -2.22. The van der Waals surface area contributed by atoms with Gasteiger partial charge in [0.05, 0.1) is 11.9 Å². The van der Waals surface area contributed by atoms with E-state index in [1.165, 1.54) is 6.20 Å². The van der Waals surface area contributed by atoms with E-state index in [1.54, 1.807) is 24.9 Å². The molecule has 1 aromatic carbocycles. The second-order valence-corrected chi connectivity index (χ2v) is 7.48. The van der Waals surface area contributed by atoms with Crippen LogP contribution < -0.4 is 4.72 Å². The molecule has 1 heterocycles. The lowest BCUT2D eigenvalue weighted by atomic mass is 10.0. The quantitative estimate of drug-likeness (QED) is 0.789. The Morgan fingerprint density at radius 3 is 2.59 bits per heavy atom. The molecule has 22 heavy (non-hydrogen) atoms. The molecule has 2 rings (SSSR count). The first kappa shape index (κ1) is 16.7. The maximum atomic E-state index is 12.0. The molecule has 1 atom stereocenters. The third-order valence-electron chi connectivity index (χ3n) is 3.47. The fraction of sp³-hybridized carbons (Fsp3) is 0.400. The van der Waals surface area contributed by atoms with Gasteiger partial charge in [0, 0.05) is 25.4 Å². The standard InChI is InChI=1S/C15H21N3O3S/c1-15(19,14-10-16-18(2)11-14)12-17-22(20,21)9-8-13-6-4-3-5-7-13/h3-7,10-11,17,19H,8-9,12H2,1-2H3/t15-/m1/s1. The zero-order valence-electron chi connectivity index (χ0n) is 12.7. The Bertz CT molecular complexity index is 709. The number of aliphatic hydroxyl groups is 1. The van der Waals surface area contributed by atoms with Crippen molar-refractivity contribution in [1.82, 2.24) is 14.5 Å². The summed E-state index contributed by atoms with van der Waals surface area (Å²) >= 11 is 0. The van der Waals surface area contributed by atoms with E-state index in [-0.39, 0.29) is 12.3 Å². The number of hydrogen-bond acceptors (Lipinski definition) is 4. The van der Waals surface area contributed by atoms with Crippen molar-refractivity contribution in [2.24, 2.45) is 7.05 Å². The van der Waals surface area contributed by atoms with Crippen molar-refractivity contribution in [3.05, 3.63) is 53.9 Å². The van der Waals surface area contributed by atoms with E-state index in [0.717, 1.165) is 5.56 Å². The first-order valence-electron chi connectivity index (χ1n) is 7.01. The molecule has 1 aromatic heterocycles. The van der Waals surface area contributed by atoms with Crippen LogP contribution in [0.4, 0.5) is 0 Å². The zero-order valence-corrected chi connectivity index (χ0v) is 13.5. The fourth-order valence-electron chi connectivity index (χ4n) is 2.02. The molecule has 0 spiro atoms. The molecule has 2 aromatic rings. The van der Waals surface area contributed by atoms with Crippen LogP contribution >= 0.6 is 0 Å². The van der Waals surface area contributed by atoms with Crippen LogP contribution in [0.1, 0.15) is 18.1 Å². The fourth-order valence-corrected chi connectivity index (χ4v) is 3.17. The maximum absolute atomic E-state index is 12.0. The summed E-state index contributed by atoms with van der Waals surface area (Å²) in [5, 5.41) is 14.4. The molecule has 0 aliphatic rings. The van der Waals surface area contributed by atoms with Crippen LogP contribution in [0.15, 0.2) is 42.7 Å². The molecule has 0 bridgehead atoms. The van der Waals surface area contributed by atoms with Gasteiger partial charge in [0.1, 0.15) is 5.60 Å². The van der Waals surface area contributed by atoms with Crippen molar-refractivity contribution in [3.63, 3.8) is 0 Å². The summed E-state index contributed by atoms with van der Waals surface area (Å²) in [5.74, 6) is -0.0138. The Labute approximate surface area is 130 Å². The predicted molar refractivity (Wildman–Crippen MR) is 84.7 cm³/mol. The Balaban J connectivity index is 1.92. The summed E-state index contributed by atoms with van der Waals surface area (Å²) in [6.07, 6.45) is 3.63. The van der Waals surface area contributed by atoms with Crippen LogP contribution in [0.2, 0.25) is 0 Å². The minimum Gasteiger partial charge on any atom is -0.384 e. The highest BCUT2D eigenvalue weighted by molar-refractivity contribution is 7.89. The van der Waals surface area contributed by atoms with Crippen molar-refractivity contribution in [1.29, 1.82) is 0 Å². The van der Waals surface area contributed by atoms with Gasteiger partial charge in [0.15, 0.2) is 0 Å². The summed E-state index contributed by atoms with van der Waals surface area (Å²) in [4.78, 5) is 0. The van der Waals surface area contributed by atoms with Gasteiger partial charge in [0.2, 0.25) is 10.0 Å². The molecular formula is C15H21N3O3S. The summed E-state index contributed by atoms with van der Waals surface area (Å²) < 4.78 is 28.1. The van der Waals surface area contributed by atoms with Gasteiger partial charge < -0.3 is 5.11 Å². The molecule has 0 saturated heterocycles. The summed E-state index contributed by atoms with van der Waals surface area (Å²) in [6.45, 7) is 1.47. The Morgan fingerprint density at radius 1 is 1.32 bits per heavy atom. The van der Waals surface area contributed by atoms with Crippen molar-refractivity contribution in [2.75, 3.05) is 12.3 Å². The van der Waals surface area contributed by atoms with E-state index in [4.69, 9.17) is 0 Å². The molecule has 7 heteroatoms. The molecule has 120 valence electrons.